The lowest BCUT2D eigenvalue weighted by atomic mass is 9.89. The van der Waals surface area contributed by atoms with Crippen molar-refractivity contribution in [2.75, 3.05) is 6.61 Å². The van der Waals surface area contributed by atoms with E-state index in [1.54, 1.807) is 31.2 Å². The largest absolute Gasteiger partial charge is 0.446 e. The number of aliphatic hydroxyl groups excluding tert-OH is 1. The van der Waals surface area contributed by atoms with Crippen LogP contribution in [0.5, 0.6) is 5.75 Å². The van der Waals surface area contributed by atoms with E-state index in [1.165, 1.54) is 17.0 Å². The van der Waals surface area contributed by atoms with Crippen molar-refractivity contribution in [1.29, 1.82) is 0 Å². The Morgan fingerprint density at radius 1 is 0.887 bits per heavy atom. The predicted molar refractivity (Wildman–Crippen MR) is 200 cm³/mol. The molecule has 53 heavy (non-hydrogen) atoms. The molecule has 13 heteroatoms. The zero-order chi connectivity index (χ0) is 37.0. The molecule has 0 bridgehead atoms. The van der Waals surface area contributed by atoms with Crippen LogP contribution in [0, 0.1) is 6.92 Å². The first-order valence-electron chi connectivity index (χ1n) is 16.9. The Morgan fingerprint density at radius 2 is 1.45 bits per heavy atom. The monoisotopic (exact) mass is 737 g/mol. The third-order valence-corrected chi connectivity index (χ3v) is 8.74. The van der Waals surface area contributed by atoms with Crippen LogP contribution in [0.4, 0.5) is 0 Å². The minimum Gasteiger partial charge on any atom is -0.446 e. The summed E-state index contributed by atoms with van der Waals surface area (Å²) in [7, 11) is 0. The van der Waals surface area contributed by atoms with Crippen molar-refractivity contribution in [3.8, 4) is 5.75 Å². The van der Waals surface area contributed by atoms with E-state index in [-0.39, 0.29) is 37.2 Å². The number of oxime groups is 1. The van der Waals surface area contributed by atoms with Crippen molar-refractivity contribution < 1.29 is 33.6 Å². The van der Waals surface area contributed by atoms with Crippen molar-refractivity contribution in [2.45, 2.75) is 56.9 Å². The molecule has 1 aliphatic rings. The summed E-state index contributed by atoms with van der Waals surface area (Å²) in [5, 5.41) is 15.9. The van der Waals surface area contributed by atoms with Gasteiger partial charge in [0.25, 0.3) is 5.56 Å². The lowest BCUT2D eigenvalue weighted by molar-refractivity contribution is -0.188. The number of thiocarbonyl (C=S) groups is 1. The zero-order valence-electron chi connectivity index (χ0n) is 28.9. The Bertz CT molecular complexity index is 2060. The lowest BCUT2D eigenvalue weighted by Gasteiger charge is -2.36. The molecule has 12 nitrogen and oxygen atoms in total. The highest BCUT2D eigenvalue weighted by Gasteiger charge is 2.62. The van der Waals surface area contributed by atoms with E-state index in [0.29, 0.717) is 5.75 Å². The molecule has 1 fully saturated rings. The number of hydrogen-bond acceptors (Lipinski definition) is 11. The number of ether oxygens (including phenoxy) is 5. The van der Waals surface area contributed by atoms with Crippen LogP contribution in [-0.2, 0) is 43.6 Å². The fourth-order valence-corrected chi connectivity index (χ4v) is 6.08. The molecule has 0 aliphatic carbocycles. The lowest BCUT2D eigenvalue weighted by Crippen LogP contribution is -2.57. The van der Waals surface area contributed by atoms with Crippen LogP contribution < -0.4 is 16.0 Å². The molecule has 0 saturated carbocycles. The van der Waals surface area contributed by atoms with Crippen LogP contribution in [-0.4, -0.2) is 56.6 Å². The van der Waals surface area contributed by atoms with Gasteiger partial charge < -0.3 is 33.6 Å². The van der Waals surface area contributed by atoms with Gasteiger partial charge in [0.1, 0.15) is 24.6 Å². The number of nitrogens with zero attached hydrogens (tertiary/aromatic N) is 2. The molecule has 5 aromatic rings. The number of hydrogen-bond donors (Lipinski definition) is 2. The molecule has 0 unspecified atom stereocenters. The first kappa shape index (κ1) is 37.3. The van der Waals surface area contributed by atoms with Crippen molar-refractivity contribution >= 4 is 23.7 Å². The van der Waals surface area contributed by atoms with E-state index < -0.39 is 41.4 Å². The van der Waals surface area contributed by atoms with Crippen molar-refractivity contribution in [3.63, 3.8) is 0 Å². The van der Waals surface area contributed by atoms with E-state index in [2.05, 4.69) is 10.1 Å². The summed E-state index contributed by atoms with van der Waals surface area (Å²) in [6.45, 7) is 1.61. The third kappa shape index (κ3) is 9.52. The standard InChI is InChI=1S/C40H39N3O9S/c1-28-23-43(38(46)42-36(28)45)37-34(51-39(53)50-32-20-12-5-13-21-32)35(48-25-30-16-8-3-9-17-30)40(52-37,27-47-24-29-14-6-2-7-15-29)33(44)22-41-49-26-31-18-10-4-11-19-31/h2-23,33-35,37,44H,24-27H2,1H3,(H,42,45,46)/b41-22+/t33-,34+,35-,37+,40-/m0/s1. The minimum atomic E-state index is -1.80. The van der Waals surface area contributed by atoms with Gasteiger partial charge in [-0.3, -0.25) is 14.3 Å². The number of aliphatic hydroxyl groups is 1. The zero-order valence-corrected chi connectivity index (χ0v) is 29.7. The summed E-state index contributed by atoms with van der Waals surface area (Å²) < 4.78 is 33.0. The molecule has 2 N–H and O–H groups in total. The number of benzene rings is 4. The van der Waals surface area contributed by atoms with Gasteiger partial charge in [-0.15, -0.1) is 0 Å². The van der Waals surface area contributed by atoms with Gasteiger partial charge >= 0.3 is 10.9 Å². The maximum atomic E-state index is 13.4. The fourth-order valence-electron chi connectivity index (χ4n) is 5.87. The summed E-state index contributed by atoms with van der Waals surface area (Å²) in [4.78, 5) is 33.8. The SMILES string of the molecule is Cc1cn([C@@H]2O[C@@](COCc3ccccc3)([C@@H](O)/C=N/OCc3ccccc3)[C@@H](OCc3ccccc3)[C@H]2OC(=S)Oc2ccccc2)c(=O)[nH]c1=O. The van der Waals surface area contributed by atoms with Crippen molar-refractivity contribution in [1.82, 2.24) is 9.55 Å². The summed E-state index contributed by atoms with van der Waals surface area (Å²) in [6, 6.07) is 37.0. The van der Waals surface area contributed by atoms with E-state index in [0.717, 1.165) is 16.7 Å². The van der Waals surface area contributed by atoms with Gasteiger partial charge in [-0.2, -0.15) is 0 Å². The molecule has 6 rings (SSSR count). The smallest absolute Gasteiger partial charge is 0.358 e. The molecule has 274 valence electrons. The molecule has 0 spiro atoms. The number of rotatable bonds is 15. The van der Waals surface area contributed by atoms with Crippen molar-refractivity contribution in [3.05, 3.63) is 171 Å². The molecule has 1 saturated heterocycles. The van der Waals surface area contributed by atoms with E-state index in [9.17, 15) is 14.7 Å². The molecule has 4 aromatic carbocycles. The van der Waals surface area contributed by atoms with Crippen LogP contribution in [0.15, 0.2) is 142 Å². The van der Waals surface area contributed by atoms with Gasteiger partial charge in [0, 0.05) is 24.0 Å². The van der Waals surface area contributed by atoms with Crippen LogP contribution in [0.2, 0.25) is 0 Å². The van der Waals surface area contributed by atoms with Gasteiger partial charge in [0.15, 0.2) is 17.9 Å². The second-order valence-corrected chi connectivity index (χ2v) is 12.7. The Kier molecular flexibility index (Phi) is 12.6. The molecule has 1 aliphatic heterocycles. The van der Waals surface area contributed by atoms with Crippen LogP contribution in [0.1, 0.15) is 28.5 Å². The number of nitrogens with one attached hydrogen (secondary N) is 1. The molecule has 1 aromatic heterocycles. The Morgan fingerprint density at radius 3 is 2.08 bits per heavy atom. The normalized spacial score (nSPS) is 20.2. The third-order valence-electron chi connectivity index (χ3n) is 8.56. The van der Waals surface area contributed by atoms with Gasteiger partial charge in [-0.25, -0.2) is 4.79 Å². The number of aromatic amines is 1. The summed E-state index contributed by atoms with van der Waals surface area (Å²) in [5.74, 6) is 0.409. The Labute approximate surface area is 311 Å². The summed E-state index contributed by atoms with van der Waals surface area (Å²) in [6.07, 6.45) is -2.80. The van der Waals surface area contributed by atoms with E-state index >= 15 is 0 Å². The van der Waals surface area contributed by atoms with Crippen molar-refractivity contribution in [2.24, 2.45) is 5.16 Å². The first-order chi connectivity index (χ1) is 25.8. The second-order valence-electron chi connectivity index (χ2n) is 12.3. The number of para-hydroxylation sites is 1. The molecule has 2 heterocycles. The molecular weight excluding hydrogens is 699 g/mol. The topological polar surface area (TPSA) is 143 Å². The van der Waals surface area contributed by atoms with E-state index in [4.69, 9.17) is 40.7 Å². The molecular formula is C40H39N3O9S. The maximum Gasteiger partial charge on any atom is 0.358 e. The van der Waals surface area contributed by atoms with Gasteiger partial charge in [-0.1, -0.05) is 114 Å². The summed E-state index contributed by atoms with van der Waals surface area (Å²) in [5.41, 5.74) is -0.382. The number of aromatic nitrogens is 2. The highest BCUT2D eigenvalue weighted by molar-refractivity contribution is 7.79. The average Bonchev–Trinajstić information content (AvgIpc) is 3.48. The van der Waals surface area contributed by atoms with Crippen LogP contribution in [0.25, 0.3) is 0 Å². The summed E-state index contributed by atoms with van der Waals surface area (Å²) >= 11 is 5.57. The van der Waals surface area contributed by atoms with Crippen LogP contribution >= 0.6 is 12.2 Å². The average molecular weight is 738 g/mol. The van der Waals surface area contributed by atoms with Crippen LogP contribution in [0.3, 0.4) is 0 Å². The van der Waals surface area contributed by atoms with Gasteiger partial charge in [0.05, 0.1) is 26.0 Å². The van der Waals surface area contributed by atoms with E-state index in [1.807, 2.05) is 97.1 Å². The molecule has 0 amide bonds. The first-order valence-corrected chi connectivity index (χ1v) is 17.3. The molecule has 0 radical (unpaired) electrons. The maximum absolute atomic E-state index is 13.4. The highest BCUT2D eigenvalue weighted by atomic mass is 32.1. The Balaban J connectivity index is 1.41. The second kappa shape index (κ2) is 17.9. The fraction of sp³-hybridized carbons (Fsp3) is 0.250. The van der Waals surface area contributed by atoms with Gasteiger partial charge in [-0.05, 0) is 35.7 Å². The van der Waals surface area contributed by atoms with Gasteiger partial charge in [0.2, 0.25) is 0 Å². The number of H-pyrrole nitrogens is 1. The molecule has 5 atom stereocenters. The number of aryl methyl sites for hydroxylation is 1. The Hall–Kier alpha value is -5.44. The quantitative estimate of drug-likeness (QED) is 0.0834. The predicted octanol–water partition coefficient (Wildman–Crippen LogP) is 5.23. The minimum absolute atomic E-state index is 0.0438. The highest BCUT2D eigenvalue weighted by Crippen LogP contribution is 2.43.